The zero-order valence-electron chi connectivity index (χ0n) is 30.5. The highest BCUT2D eigenvalue weighted by atomic mass is 35.5. The molecule has 0 saturated carbocycles. The Labute approximate surface area is 311 Å². The number of amides is 3. The molecule has 1 saturated heterocycles. The molecule has 2 heterocycles. The monoisotopic (exact) mass is 758 g/mol. The SMILES string of the molecule is C=CC(=O)Nc1cc(N2CCN(CCO[Si](C)(C)C(C)(C)C)CC2)ccc1Nc1cc(N(C)C(=O)Nc2c(Cl)c(OC)cc(OC)c2Cl)ncn1. The molecule has 276 valence electrons. The Kier molecular flexibility index (Phi) is 13.2. The lowest BCUT2D eigenvalue weighted by Crippen LogP contribution is -2.48. The highest BCUT2D eigenvalue weighted by molar-refractivity contribution is 6.74. The van der Waals surface area contributed by atoms with Crippen LogP contribution in [0, 0.1) is 0 Å². The maximum absolute atomic E-state index is 13.3. The van der Waals surface area contributed by atoms with Gasteiger partial charge in [0, 0.05) is 64.2 Å². The molecule has 3 N–H and O–H groups in total. The summed E-state index contributed by atoms with van der Waals surface area (Å²) in [5.74, 6) is 0.856. The van der Waals surface area contributed by atoms with Crippen LogP contribution >= 0.6 is 23.2 Å². The van der Waals surface area contributed by atoms with Gasteiger partial charge in [-0.3, -0.25) is 14.6 Å². The van der Waals surface area contributed by atoms with Crippen molar-refractivity contribution >= 4 is 77.8 Å². The van der Waals surface area contributed by atoms with Gasteiger partial charge in [0.2, 0.25) is 5.91 Å². The molecule has 16 heteroatoms. The van der Waals surface area contributed by atoms with Gasteiger partial charge in [0.15, 0.2) is 8.32 Å². The van der Waals surface area contributed by atoms with Crippen molar-refractivity contribution in [2.75, 3.05) is 86.3 Å². The number of piperazine rings is 1. The van der Waals surface area contributed by atoms with Crippen molar-refractivity contribution in [3.8, 4) is 11.5 Å². The standard InChI is InChI=1S/C35H48Cl2N8O5Si/c1-10-30(46)41-25-19-23(45-15-13-44(14-16-45)17-18-50-51(8,9)35(2,3)4)11-12-24(25)40-28-21-29(39-22-38-28)43(5)34(47)42-33-31(36)26(48-6)20-27(49-7)32(33)37/h10-12,19-22H,1,13-18H2,2-9H3,(H,41,46)(H,42,47)(H,38,39,40). The van der Waals surface area contributed by atoms with Crippen molar-refractivity contribution in [3.05, 3.63) is 59.4 Å². The molecule has 13 nitrogen and oxygen atoms in total. The molecular weight excluding hydrogens is 711 g/mol. The third-order valence-corrected chi connectivity index (χ3v) is 14.5. The summed E-state index contributed by atoms with van der Waals surface area (Å²) in [6, 6.07) is 8.35. The van der Waals surface area contributed by atoms with E-state index in [1.54, 1.807) is 6.07 Å². The number of halogens is 2. The third kappa shape index (κ3) is 9.83. The van der Waals surface area contributed by atoms with Crippen LogP contribution in [0.4, 0.5) is 39.2 Å². The number of urea groups is 1. The average molecular weight is 760 g/mol. The summed E-state index contributed by atoms with van der Waals surface area (Å²) in [7, 11) is 2.64. The number of anilines is 6. The van der Waals surface area contributed by atoms with E-state index < -0.39 is 14.3 Å². The van der Waals surface area contributed by atoms with Gasteiger partial charge in [-0.05, 0) is 42.4 Å². The molecule has 0 bridgehead atoms. The minimum absolute atomic E-state index is 0.112. The molecule has 0 radical (unpaired) electrons. The molecule has 3 aromatic rings. The van der Waals surface area contributed by atoms with Crippen LogP contribution in [0.15, 0.2) is 49.3 Å². The van der Waals surface area contributed by atoms with Gasteiger partial charge in [0.25, 0.3) is 0 Å². The summed E-state index contributed by atoms with van der Waals surface area (Å²) >= 11 is 12.9. The Morgan fingerprint density at radius 1 is 0.980 bits per heavy atom. The van der Waals surface area contributed by atoms with Crippen molar-refractivity contribution in [2.24, 2.45) is 0 Å². The topological polar surface area (TPSA) is 133 Å². The quantitative estimate of drug-likeness (QED) is 0.119. The largest absolute Gasteiger partial charge is 0.495 e. The van der Waals surface area contributed by atoms with Crippen LogP contribution < -0.4 is 35.2 Å². The predicted molar refractivity (Wildman–Crippen MR) is 209 cm³/mol. The lowest BCUT2D eigenvalue weighted by molar-refractivity contribution is -0.111. The zero-order valence-corrected chi connectivity index (χ0v) is 33.0. The van der Waals surface area contributed by atoms with Gasteiger partial charge < -0.3 is 34.8 Å². The number of carbonyl (C=O) groups excluding carboxylic acids is 2. The predicted octanol–water partition coefficient (Wildman–Crippen LogP) is 7.48. The number of aromatic nitrogens is 2. The number of hydrogen-bond donors (Lipinski definition) is 3. The second kappa shape index (κ2) is 17.0. The van der Waals surface area contributed by atoms with Crippen LogP contribution in [0.5, 0.6) is 11.5 Å². The van der Waals surface area contributed by atoms with Gasteiger partial charge in [0.1, 0.15) is 39.5 Å². The molecule has 0 spiro atoms. The second-order valence-corrected chi connectivity index (χ2v) is 19.1. The summed E-state index contributed by atoms with van der Waals surface area (Å²) in [4.78, 5) is 40.3. The smallest absolute Gasteiger partial charge is 0.327 e. The van der Waals surface area contributed by atoms with Gasteiger partial charge in [-0.1, -0.05) is 50.6 Å². The Morgan fingerprint density at radius 3 is 2.22 bits per heavy atom. The first-order valence-corrected chi connectivity index (χ1v) is 20.2. The summed E-state index contributed by atoms with van der Waals surface area (Å²) < 4.78 is 17.0. The van der Waals surface area contributed by atoms with Gasteiger partial charge in [0.05, 0.1) is 31.3 Å². The third-order valence-electron chi connectivity index (χ3n) is 9.23. The van der Waals surface area contributed by atoms with E-state index in [2.05, 4.69) is 76.2 Å². The normalized spacial score (nSPS) is 13.7. The summed E-state index contributed by atoms with van der Waals surface area (Å²) in [5.41, 5.74) is 2.24. The molecule has 4 rings (SSSR count). The van der Waals surface area contributed by atoms with E-state index in [4.69, 9.17) is 37.1 Å². The van der Waals surface area contributed by atoms with E-state index >= 15 is 0 Å². The number of hydrogen-bond acceptors (Lipinski definition) is 10. The highest BCUT2D eigenvalue weighted by Crippen LogP contribution is 2.44. The molecule has 1 aliphatic rings. The molecule has 1 fully saturated rings. The maximum atomic E-state index is 13.3. The Morgan fingerprint density at radius 2 is 1.63 bits per heavy atom. The molecule has 1 aromatic heterocycles. The lowest BCUT2D eigenvalue weighted by Gasteiger charge is -2.39. The maximum Gasteiger partial charge on any atom is 0.327 e. The minimum atomic E-state index is -1.78. The van der Waals surface area contributed by atoms with Crippen molar-refractivity contribution < 1.29 is 23.5 Å². The fourth-order valence-electron chi connectivity index (χ4n) is 5.03. The van der Waals surface area contributed by atoms with E-state index in [0.717, 1.165) is 45.0 Å². The molecule has 0 atom stereocenters. The molecular formula is C35H48Cl2N8O5Si. The highest BCUT2D eigenvalue weighted by Gasteiger charge is 2.37. The fourth-order valence-corrected chi connectivity index (χ4v) is 6.66. The zero-order chi connectivity index (χ0) is 37.5. The van der Waals surface area contributed by atoms with Crippen molar-refractivity contribution in [1.29, 1.82) is 0 Å². The fraction of sp³-hybridized carbons (Fsp3) is 0.429. The number of carbonyl (C=O) groups is 2. The number of rotatable bonds is 13. The van der Waals surface area contributed by atoms with E-state index in [1.807, 2.05) is 18.2 Å². The molecule has 0 unspecified atom stereocenters. The number of ether oxygens (including phenoxy) is 2. The van der Waals surface area contributed by atoms with Crippen LogP contribution in [0.25, 0.3) is 0 Å². The molecule has 0 aliphatic carbocycles. The average Bonchev–Trinajstić information content (AvgIpc) is 3.10. The summed E-state index contributed by atoms with van der Waals surface area (Å²) in [6.45, 7) is 20.1. The molecule has 51 heavy (non-hydrogen) atoms. The van der Waals surface area contributed by atoms with Crippen LogP contribution in [0.2, 0.25) is 28.2 Å². The van der Waals surface area contributed by atoms with Crippen LogP contribution in [-0.4, -0.2) is 95.7 Å². The van der Waals surface area contributed by atoms with Crippen LogP contribution in [0.1, 0.15) is 20.8 Å². The molecule has 3 amide bonds. The van der Waals surface area contributed by atoms with E-state index in [9.17, 15) is 9.59 Å². The number of nitrogens with one attached hydrogen (secondary N) is 3. The van der Waals surface area contributed by atoms with E-state index in [1.165, 1.54) is 44.6 Å². The molecule has 1 aliphatic heterocycles. The van der Waals surface area contributed by atoms with E-state index in [0.29, 0.717) is 17.2 Å². The van der Waals surface area contributed by atoms with E-state index in [-0.39, 0.29) is 44.0 Å². The lowest BCUT2D eigenvalue weighted by atomic mass is 10.2. The summed E-state index contributed by atoms with van der Waals surface area (Å²) in [5, 5.41) is 9.27. The Hall–Kier alpha value is -4.08. The van der Waals surface area contributed by atoms with Gasteiger partial charge in [-0.15, -0.1) is 0 Å². The minimum Gasteiger partial charge on any atom is -0.495 e. The van der Waals surface area contributed by atoms with Crippen molar-refractivity contribution in [1.82, 2.24) is 14.9 Å². The van der Waals surface area contributed by atoms with Gasteiger partial charge in [-0.25, -0.2) is 14.8 Å². The van der Waals surface area contributed by atoms with Gasteiger partial charge in [-0.2, -0.15) is 0 Å². The first-order valence-electron chi connectivity index (χ1n) is 16.5. The number of methoxy groups -OCH3 is 2. The van der Waals surface area contributed by atoms with Crippen LogP contribution in [0.3, 0.4) is 0 Å². The number of benzene rings is 2. The van der Waals surface area contributed by atoms with Crippen molar-refractivity contribution in [3.63, 3.8) is 0 Å². The Balaban J connectivity index is 1.45. The summed E-state index contributed by atoms with van der Waals surface area (Å²) in [6.07, 6.45) is 2.54. The molecule has 2 aromatic carbocycles. The Bertz CT molecular complexity index is 1700. The van der Waals surface area contributed by atoms with Crippen molar-refractivity contribution in [2.45, 2.75) is 38.9 Å². The van der Waals surface area contributed by atoms with Crippen LogP contribution in [-0.2, 0) is 9.22 Å². The van der Waals surface area contributed by atoms with Gasteiger partial charge >= 0.3 is 6.03 Å². The first-order chi connectivity index (χ1) is 24.1. The first kappa shape index (κ1) is 39.7. The number of nitrogens with zero attached hydrogens (tertiary/aromatic N) is 5. The second-order valence-electron chi connectivity index (χ2n) is 13.5.